The predicted molar refractivity (Wildman–Crippen MR) is 68.6 cm³/mol. The fourth-order valence-corrected chi connectivity index (χ4v) is 2.26. The fourth-order valence-electron chi connectivity index (χ4n) is 2.26. The summed E-state index contributed by atoms with van der Waals surface area (Å²) in [5.74, 6) is 0. The number of pyridine rings is 1. The van der Waals surface area contributed by atoms with E-state index in [2.05, 4.69) is 16.0 Å². The number of halogens is 1. The van der Waals surface area contributed by atoms with E-state index in [0.29, 0.717) is 6.04 Å². The molecule has 1 unspecified atom stereocenters. The average Bonchev–Trinajstić information content (AvgIpc) is 2.31. The summed E-state index contributed by atoms with van der Waals surface area (Å²) in [7, 11) is 0. The Morgan fingerprint density at radius 2 is 2.31 bits per heavy atom. The van der Waals surface area contributed by atoms with Crippen molar-refractivity contribution in [3.8, 4) is 0 Å². The molecule has 0 bridgehead atoms. The van der Waals surface area contributed by atoms with E-state index in [-0.39, 0.29) is 12.4 Å². The van der Waals surface area contributed by atoms with Crippen LogP contribution in [-0.4, -0.2) is 29.0 Å². The predicted octanol–water partition coefficient (Wildman–Crippen LogP) is 1.82. The number of piperidine rings is 1. The lowest BCUT2D eigenvalue weighted by atomic mass is 10.0. The third-order valence-electron chi connectivity index (χ3n) is 3.13. The highest BCUT2D eigenvalue weighted by molar-refractivity contribution is 5.85. The van der Waals surface area contributed by atoms with Crippen molar-refractivity contribution in [2.45, 2.75) is 31.8 Å². The van der Waals surface area contributed by atoms with Crippen molar-refractivity contribution in [1.82, 2.24) is 9.88 Å². The van der Waals surface area contributed by atoms with Gasteiger partial charge in [-0.2, -0.15) is 0 Å². The molecule has 1 atom stereocenters. The first kappa shape index (κ1) is 13.4. The zero-order chi connectivity index (χ0) is 10.5. The zero-order valence-electron chi connectivity index (χ0n) is 9.51. The summed E-state index contributed by atoms with van der Waals surface area (Å²) < 4.78 is 0. The first-order valence-electron chi connectivity index (χ1n) is 5.73. The lowest BCUT2D eigenvalue weighted by molar-refractivity contribution is 0.145. The van der Waals surface area contributed by atoms with Gasteiger partial charge in [0.1, 0.15) is 0 Å². The standard InChI is InChI=1S/C12H19N3.ClH/c13-8-12-5-1-2-7-15(12)10-11-4-3-6-14-9-11;/h3-4,6,9,12H,1-2,5,7-8,10,13H2;1H. The Bertz CT molecular complexity index is 292. The van der Waals surface area contributed by atoms with Crippen LogP contribution in [-0.2, 0) is 6.54 Å². The lowest BCUT2D eigenvalue weighted by Crippen LogP contribution is -2.43. The Morgan fingerprint density at radius 3 is 3.00 bits per heavy atom. The fraction of sp³-hybridized carbons (Fsp3) is 0.583. The molecule has 3 nitrogen and oxygen atoms in total. The maximum Gasteiger partial charge on any atom is 0.0312 e. The van der Waals surface area contributed by atoms with Gasteiger partial charge in [0.15, 0.2) is 0 Å². The minimum atomic E-state index is 0. The highest BCUT2D eigenvalue weighted by Crippen LogP contribution is 2.18. The Hall–Kier alpha value is -0.640. The summed E-state index contributed by atoms with van der Waals surface area (Å²) in [5.41, 5.74) is 7.08. The molecular weight excluding hydrogens is 222 g/mol. The van der Waals surface area contributed by atoms with E-state index in [4.69, 9.17) is 5.73 Å². The minimum Gasteiger partial charge on any atom is -0.329 e. The summed E-state index contributed by atoms with van der Waals surface area (Å²) in [5, 5.41) is 0. The second kappa shape index (κ2) is 6.84. The molecule has 1 aliphatic heterocycles. The molecule has 90 valence electrons. The van der Waals surface area contributed by atoms with Gasteiger partial charge in [-0.05, 0) is 31.0 Å². The molecule has 0 radical (unpaired) electrons. The van der Waals surface area contributed by atoms with E-state index in [9.17, 15) is 0 Å². The molecule has 1 aromatic rings. The Labute approximate surface area is 103 Å². The third-order valence-corrected chi connectivity index (χ3v) is 3.13. The van der Waals surface area contributed by atoms with Crippen LogP contribution < -0.4 is 5.73 Å². The Balaban J connectivity index is 0.00000128. The summed E-state index contributed by atoms with van der Waals surface area (Å²) in [6, 6.07) is 4.70. The van der Waals surface area contributed by atoms with Crippen LogP contribution in [0.15, 0.2) is 24.5 Å². The number of hydrogen-bond donors (Lipinski definition) is 1. The summed E-state index contributed by atoms with van der Waals surface area (Å²) in [6.07, 6.45) is 7.64. The molecule has 2 rings (SSSR count). The average molecular weight is 242 g/mol. The van der Waals surface area contributed by atoms with Crippen LogP contribution >= 0.6 is 12.4 Å². The molecule has 0 amide bonds. The largest absolute Gasteiger partial charge is 0.329 e. The zero-order valence-corrected chi connectivity index (χ0v) is 10.3. The quantitative estimate of drug-likeness (QED) is 0.878. The normalized spacial score (nSPS) is 21.4. The summed E-state index contributed by atoms with van der Waals surface area (Å²) >= 11 is 0. The molecule has 2 heterocycles. The number of nitrogens with zero attached hydrogens (tertiary/aromatic N) is 2. The van der Waals surface area contributed by atoms with E-state index >= 15 is 0 Å². The summed E-state index contributed by atoms with van der Waals surface area (Å²) in [4.78, 5) is 6.63. The smallest absolute Gasteiger partial charge is 0.0312 e. The van der Waals surface area contributed by atoms with Crippen molar-refractivity contribution >= 4 is 12.4 Å². The molecule has 2 N–H and O–H groups in total. The molecule has 0 saturated carbocycles. The van der Waals surface area contributed by atoms with Gasteiger partial charge >= 0.3 is 0 Å². The number of hydrogen-bond acceptors (Lipinski definition) is 3. The van der Waals surface area contributed by atoms with E-state index in [1.807, 2.05) is 18.5 Å². The van der Waals surface area contributed by atoms with Crippen molar-refractivity contribution in [2.24, 2.45) is 5.73 Å². The highest BCUT2D eigenvalue weighted by atomic mass is 35.5. The van der Waals surface area contributed by atoms with Crippen LogP contribution in [0.4, 0.5) is 0 Å². The van der Waals surface area contributed by atoms with Crippen LogP contribution in [0.1, 0.15) is 24.8 Å². The maximum absolute atomic E-state index is 5.79. The first-order valence-corrected chi connectivity index (χ1v) is 5.73. The van der Waals surface area contributed by atoms with Gasteiger partial charge in [0.2, 0.25) is 0 Å². The Morgan fingerprint density at radius 1 is 1.44 bits per heavy atom. The molecule has 4 heteroatoms. The van der Waals surface area contributed by atoms with E-state index < -0.39 is 0 Å². The second-order valence-corrected chi connectivity index (χ2v) is 4.22. The molecule has 0 spiro atoms. The molecule has 1 fully saturated rings. The van der Waals surface area contributed by atoms with Crippen molar-refractivity contribution in [2.75, 3.05) is 13.1 Å². The number of aromatic nitrogens is 1. The molecule has 1 aliphatic rings. The van der Waals surface area contributed by atoms with Gasteiger partial charge < -0.3 is 5.73 Å². The van der Waals surface area contributed by atoms with E-state index in [1.54, 1.807) is 0 Å². The number of likely N-dealkylation sites (tertiary alicyclic amines) is 1. The second-order valence-electron chi connectivity index (χ2n) is 4.22. The van der Waals surface area contributed by atoms with E-state index in [0.717, 1.165) is 13.1 Å². The van der Waals surface area contributed by atoms with Gasteiger partial charge in [0, 0.05) is 31.5 Å². The molecule has 1 aromatic heterocycles. The molecule has 16 heavy (non-hydrogen) atoms. The topological polar surface area (TPSA) is 42.1 Å². The van der Waals surface area contributed by atoms with Crippen molar-refractivity contribution in [1.29, 1.82) is 0 Å². The molecule has 1 saturated heterocycles. The molecule has 0 aliphatic carbocycles. The van der Waals surface area contributed by atoms with Gasteiger partial charge in [-0.15, -0.1) is 12.4 Å². The van der Waals surface area contributed by atoms with Crippen LogP contribution in [0.2, 0.25) is 0 Å². The lowest BCUT2D eigenvalue weighted by Gasteiger charge is -2.34. The van der Waals surface area contributed by atoms with Crippen molar-refractivity contribution in [3.63, 3.8) is 0 Å². The van der Waals surface area contributed by atoms with Gasteiger partial charge in [0.25, 0.3) is 0 Å². The minimum absolute atomic E-state index is 0. The highest BCUT2D eigenvalue weighted by Gasteiger charge is 2.20. The van der Waals surface area contributed by atoms with Crippen LogP contribution in [0.25, 0.3) is 0 Å². The van der Waals surface area contributed by atoms with Gasteiger partial charge in [0.05, 0.1) is 0 Å². The molecule has 0 aromatic carbocycles. The van der Waals surface area contributed by atoms with Crippen LogP contribution in [0.5, 0.6) is 0 Å². The number of rotatable bonds is 3. The third kappa shape index (κ3) is 3.44. The van der Waals surface area contributed by atoms with Crippen LogP contribution in [0.3, 0.4) is 0 Å². The summed E-state index contributed by atoms with van der Waals surface area (Å²) in [6.45, 7) is 2.95. The van der Waals surface area contributed by atoms with Crippen molar-refractivity contribution in [3.05, 3.63) is 30.1 Å². The monoisotopic (exact) mass is 241 g/mol. The number of nitrogens with two attached hydrogens (primary N) is 1. The van der Waals surface area contributed by atoms with Gasteiger partial charge in [-0.1, -0.05) is 12.5 Å². The van der Waals surface area contributed by atoms with E-state index in [1.165, 1.54) is 31.4 Å². The molecular formula is C12H20ClN3. The SMILES string of the molecule is Cl.NCC1CCCCN1Cc1cccnc1. The first-order chi connectivity index (χ1) is 7.40. The Kier molecular flexibility index (Phi) is 5.74. The van der Waals surface area contributed by atoms with Crippen LogP contribution in [0, 0.1) is 0 Å². The van der Waals surface area contributed by atoms with Gasteiger partial charge in [-0.3, -0.25) is 9.88 Å². The maximum atomic E-state index is 5.79. The van der Waals surface area contributed by atoms with Crippen molar-refractivity contribution < 1.29 is 0 Å². The van der Waals surface area contributed by atoms with Gasteiger partial charge in [-0.25, -0.2) is 0 Å².